The number of hydrogen-bond acceptors (Lipinski definition) is 3. The van der Waals surface area contributed by atoms with Gasteiger partial charge in [0, 0.05) is 56.1 Å². The van der Waals surface area contributed by atoms with E-state index in [-0.39, 0.29) is 11.8 Å². The lowest BCUT2D eigenvalue weighted by atomic mass is 9.46. The highest BCUT2D eigenvalue weighted by Gasteiger charge is 2.66. The third-order valence-corrected chi connectivity index (χ3v) is 7.19. The van der Waals surface area contributed by atoms with Crippen molar-refractivity contribution in [2.24, 2.45) is 22.2 Å². The molecule has 4 rings (SSSR count). The third kappa shape index (κ3) is 2.90. The summed E-state index contributed by atoms with van der Waals surface area (Å²) >= 11 is 0. The second-order valence-corrected chi connectivity index (χ2v) is 8.92. The summed E-state index contributed by atoms with van der Waals surface area (Å²) in [6.07, 6.45) is 7.55. The van der Waals surface area contributed by atoms with Crippen LogP contribution in [0.3, 0.4) is 0 Å². The molecule has 2 aliphatic heterocycles. The fourth-order valence-corrected chi connectivity index (χ4v) is 5.58. The van der Waals surface area contributed by atoms with Crippen LogP contribution in [0.2, 0.25) is 0 Å². The minimum atomic E-state index is 0.0906. The predicted molar refractivity (Wildman–Crippen MR) is 102 cm³/mol. The molecule has 2 heterocycles. The van der Waals surface area contributed by atoms with Gasteiger partial charge in [-0.3, -0.25) is 9.79 Å². The molecule has 6 heteroatoms. The van der Waals surface area contributed by atoms with Crippen molar-refractivity contribution in [3.05, 3.63) is 0 Å². The number of carbonyl (C=O) groups excluding carboxylic acids is 1. The molecule has 0 radical (unpaired) electrons. The van der Waals surface area contributed by atoms with Crippen molar-refractivity contribution in [2.75, 3.05) is 26.7 Å². The molecule has 0 bridgehead atoms. The van der Waals surface area contributed by atoms with Crippen LogP contribution in [0.4, 0.5) is 0 Å². The molecule has 1 amide bonds. The van der Waals surface area contributed by atoms with Gasteiger partial charge in [-0.25, -0.2) is 0 Å². The molecule has 146 valence electrons. The predicted octanol–water partition coefficient (Wildman–Crippen LogP) is 1.76. The summed E-state index contributed by atoms with van der Waals surface area (Å²) in [4.78, 5) is 18.7. The summed E-state index contributed by atoms with van der Waals surface area (Å²) in [5.41, 5.74) is 0.367. The van der Waals surface area contributed by atoms with E-state index in [2.05, 4.69) is 15.6 Å². The third-order valence-electron chi connectivity index (χ3n) is 7.19. The average molecular weight is 363 g/mol. The van der Waals surface area contributed by atoms with E-state index in [0.717, 1.165) is 38.5 Å². The van der Waals surface area contributed by atoms with E-state index >= 15 is 0 Å². The van der Waals surface area contributed by atoms with E-state index in [4.69, 9.17) is 4.74 Å². The van der Waals surface area contributed by atoms with Crippen molar-refractivity contribution in [3.8, 4) is 0 Å². The maximum absolute atomic E-state index is 12.1. The largest absolute Gasteiger partial charge is 0.377 e. The minimum absolute atomic E-state index is 0.0906. The van der Waals surface area contributed by atoms with Crippen LogP contribution in [0.5, 0.6) is 0 Å². The van der Waals surface area contributed by atoms with E-state index in [1.165, 1.54) is 25.7 Å². The number of nitrogens with zero attached hydrogens (tertiary/aromatic N) is 2. The van der Waals surface area contributed by atoms with Gasteiger partial charge in [0.25, 0.3) is 0 Å². The van der Waals surface area contributed by atoms with Gasteiger partial charge >= 0.3 is 0 Å². The first-order valence-corrected chi connectivity index (χ1v) is 10.5. The molecular weight excluding hydrogens is 328 g/mol. The Labute approximate surface area is 157 Å². The van der Waals surface area contributed by atoms with Gasteiger partial charge in [-0.2, -0.15) is 0 Å². The molecule has 4 fully saturated rings. The number of aliphatic imine (C=N–C) groups is 1. The van der Waals surface area contributed by atoms with E-state index in [0.29, 0.717) is 29.5 Å². The van der Waals surface area contributed by atoms with Crippen LogP contribution in [0, 0.1) is 17.3 Å². The highest BCUT2D eigenvalue weighted by Crippen LogP contribution is 2.62. The Balaban J connectivity index is 1.30. The Kier molecular flexibility index (Phi) is 4.88. The summed E-state index contributed by atoms with van der Waals surface area (Å²) < 4.78 is 6.02. The summed E-state index contributed by atoms with van der Waals surface area (Å²) in [5.74, 6) is 1.95. The summed E-state index contributed by atoms with van der Waals surface area (Å²) in [6.45, 7) is 6.57. The lowest BCUT2D eigenvalue weighted by Crippen LogP contribution is -2.72. The fraction of sp³-hybridized carbons (Fsp3) is 0.900. The zero-order chi connectivity index (χ0) is 18.3. The SMILES string of the molecule is CN=C(NC1CCN(C(=O)C(C)C)CC1)NC1C2CCOC2C12CCC2. The van der Waals surface area contributed by atoms with Crippen molar-refractivity contribution >= 4 is 11.9 Å². The summed E-state index contributed by atoms with van der Waals surface area (Å²) in [5, 5.41) is 7.36. The van der Waals surface area contributed by atoms with Gasteiger partial charge in [0.05, 0.1) is 6.10 Å². The van der Waals surface area contributed by atoms with Crippen molar-refractivity contribution in [2.45, 2.75) is 70.6 Å². The molecule has 0 aromatic heterocycles. The van der Waals surface area contributed by atoms with Crippen molar-refractivity contribution in [1.82, 2.24) is 15.5 Å². The number of amides is 1. The Morgan fingerprint density at radius 2 is 1.92 bits per heavy atom. The van der Waals surface area contributed by atoms with Crippen LogP contribution in [-0.2, 0) is 9.53 Å². The van der Waals surface area contributed by atoms with Crippen LogP contribution in [-0.4, -0.2) is 61.7 Å². The van der Waals surface area contributed by atoms with Crippen LogP contribution in [0.1, 0.15) is 52.4 Å². The van der Waals surface area contributed by atoms with Crippen LogP contribution >= 0.6 is 0 Å². The minimum Gasteiger partial charge on any atom is -0.377 e. The van der Waals surface area contributed by atoms with Crippen LogP contribution < -0.4 is 10.6 Å². The molecule has 1 spiro atoms. The average Bonchev–Trinajstić information content (AvgIpc) is 3.02. The van der Waals surface area contributed by atoms with Crippen LogP contribution in [0.15, 0.2) is 4.99 Å². The highest BCUT2D eigenvalue weighted by molar-refractivity contribution is 5.81. The lowest BCUT2D eigenvalue weighted by molar-refractivity contribution is -0.171. The van der Waals surface area contributed by atoms with Gasteiger partial charge in [-0.15, -0.1) is 0 Å². The highest BCUT2D eigenvalue weighted by atomic mass is 16.5. The Morgan fingerprint density at radius 1 is 1.19 bits per heavy atom. The molecule has 6 nitrogen and oxygen atoms in total. The number of rotatable bonds is 3. The maximum Gasteiger partial charge on any atom is 0.225 e. The van der Waals surface area contributed by atoms with Gasteiger partial charge in [-0.05, 0) is 32.1 Å². The molecule has 3 atom stereocenters. The van der Waals surface area contributed by atoms with Crippen molar-refractivity contribution < 1.29 is 9.53 Å². The van der Waals surface area contributed by atoms with Gasteiger partial charge in [-0.1, -0.05) is 20.3 Å². The zero-order valence-corrected chi connectivity index (χ0v) is 16.5. The van der Waals surface area contributed by atoms with E-state index in [1.54, 1.807) is 0 Å². The van der Waals surface area contributed by atoms with E-state index < -0.39 is 0 Å². The second-order valence-electron chi connectivity index (χ2n) is 8.92. The second kappa shape index (κ2) is 7.02. The van der Waals surface area contributed by atoms with Crippen molar-refractivity contribution in [3.63, 3.8) is 0 Å². The molecule has 2 aliphatic carbocycles. The number of nitrogens with one attached hydrogen (secondary N) is 2. The molecular formula is C20H34N4O2. The molecule has 0 aromatic rings. The molecule has 26 heavy (non-hydrogen) atoms. The summed E-state index contributed by atoms with van der Waals surface area (Å²) in [7, 11) is 1.86. The lowest BCUT2D eigenvalue weighted by Gasteiger charge is -2.63. The Hall–Kier alpha value is -1.30. The van der Waals surface area contributed by atoms with Crippen LogP contribution in [0.25, 0.3) is 0 Å². The normalized spacial score (nSPS) is 33.6. The van der Waals surface area contributed by atoms with Gasteiger partial charge in [0.2, 0.25) is 5.91 Å². The van der Waals surface area contributed by atoms with Gasteiger partial charge in [0.1, 0.15) is 0 Å². The molecule has 2 N–H and O–H groups in total. The number of carbonyl (C=O) groups is 1. The molecule has 2 saturated heterocycles. The smallest absolute Gasteiger partial charge is 0.225 e. The standard InChI is InChI=1S/C20H34N4O2/c1-13(2)18(25)24-10-5-14(6-11-24)22-19(21-3)23-16-15-7-12-26-17(15)20(16)8-4-9-20/h13-17H,4-12H2,1-3H3,(H2,21,22,23). The Bertz CT molecular complexity index is 564. The number of piperidine rings is 1. The fourth-order valence-electron chi connectivity index (χ4n) is 5.58. The first-order valence-electron chi connectivity index (χ1n) is 10.5. The quantitative estimate of drug-likeness (QED) is 0.593. The number of hydrogen-bond donors (Lipinski definition) is 2. The number of ether oxygens (including phenoxy) is 1. The van der Waals surface area contributed by atoms with Gasteiger partial charge < -0.3 is 20.3 Å². The molecule has 0 aromatic carbocycles. The number of fused-ring (bicyclic) bond motifs is 2. The Morgan fingerprint density at radius 3 is 2.50 bits per heavy atom. The molecule has 3 unspecified atom stereocenters. The van der Waals surface area contributed by atoms with E-state index in [9.17, 15) is 4.79 Å². The summed E-state index contributed by atoms with van der Waals surface area (Å²) in [6, 6.07) is 0.906. The first kappa shape index (κ1) is 18.1. The number of likely N-dealkylation sites (tertiary alicyclic amines) is 1. The molecule has 2 saturated carbocycles. The molecule has 4 aliphatic rings. The van der Waals surface area contributed by atoms with Crippen molar-refractivity contribution in [1.29, 1.82) is 0 Å². The monoisotopic (exact) mass is 362 g/mol. The number of guanidine groups is 1. The van der Waals surface area contributed by atoms with E-state index in [1.807, 2.05) is 25.8 Å². The van der Waals surface area contributed by atoms with Gasteiger partial charge in [0.15, 0.2) is 5.96 Å². The zero-order valence-electron chi connectivity index (χ0n) is 16.5. The first-order chi connectivity index (χ1) is 12.5. The topological polar surface area (TPSA) is 66.0 Å². The maximum atomic E-state index is 12.1.